The van der Waals surface area contributed by atoms with Crippen molar-refractivity contribution in [1.82, 2.24) is 19.9 Å². The van der Waals surface area contributed by atoms with E-state index < -0.39 is 17.5 Å². The van der Waals surface area contributed by atoms with Gasteiger partial charge in [-0.1, -0.05) is 12.6 Å². The van der Waals surface area contributed by atoms with Crippen LogP contribution in [0.3, 0.4) is 0 Å². The second-order valence-electron chi connectivity index (χ2n) is 9.12. The molecule has 0 aliphatic carbocycles. The molecule has 0 radical (unpaired) electrons. The molecule has 2 aromatic carbocycles. The maximum absolute atomic E-state index is 14.4. The van der Waals surface area contributed by atoms with Crippen molar-refractivity contribution in [2.45, 2.75) is 6.42 Å². The number of carbonyl (C=O) groups is 1. The van der Waals surface area contributed by atoms with E-state index in [4.69, 9.17) is 9.47 Å². The molecule has 9 nitrogen and oxygen atoms in total. The molecule has 1 aliphatic heterocycles. The summed E-state index contributed by atoms with van der Waals surface area (Å²) < 4.78 is 40.2. The van der Waals surface area contributed by atoms with Gasteiger partial charge in [-0.05, 0) is 36.8 Å². The maximum atomic E-state index is 14.4. The number of pyridine rings is 1. The molecule has 206 valence electrons. The average molecular weight is 547 g/mol. The van der Waals surface area contributed by atoms with Gasteiger partial charge in [-0.15, -0.1) is 0 Å². The molecule has 11 heteroatoms. The van der Waals surface area contributed by atoms with Gasteiger partial charge in [0.1, 0.15) is 29.5 Å². The van der Waals surface area contributed by atoms with Gasteiger partial charge in [-0.3, -0.25) is 14.7 Å². The normalized spacial score (nSPS) is 13.7. The van der Waals surface area contributed by atoms with E-state index in [9.17, 15) is 13.6 Å². The van der Waals surface area contributed by atoms with Crippen molar-refractivity contribution in [3.63, 3.8) is 0 Å². The lowest BCUT2D eigenvalue weighted by atomic mass is 10.1. The number of nitrogens with zero attached hydrogens (tertiary/aromatic N) is 4. The number of anilines is 3. The highest BCUT2D eigenvalue weighted by atomic mass is 19.1. The van der Waals surface area contributed by atoms with Crippen LogP contribution in [-0.4, -0.2) is 65.2 Å². The first-order chi connectivity index (χ1) is 19.5. The quantitative estimate of drug-likeness (QED) is 0.213. The number of fused-ring (bicyclic) bond motifs is 1. The first-order valence-electron chi connectivity index (χ1n) is 12.8. The van der Waals surface area contributed by atoms with Crippen LogP contribution < -0.4 is 15.4 Å². The fourth-order valence-electron chi connectivity index (χ4n) is 4.43. The summed E-state index contributed by atoms with van der Waals surface area (Å²) >= 11 is 0. The molecule has 1 saturated heterocycles. The monoisotopic (exact) mass is 546 g/mol. The van der Waals surface area contributed by atoms with Gasteiger partial charge in [-0.2, -0.15) is 0 Å². The van der Waals surface area contributed by atoms with Gasteiger partial charge in [0, 0.05) is 42.8 Å². The predicted octanol–water partition coefficient (Wildman–Crippen LogP) is 4.94. The van der Waals surface area contributed by atoms with Crippen LogP contribution in [0.25, 0.3) is 22.0 Å². The van der Waals surface area contributed by atoms with E-state index in [1.54, 1.807) is 18.2 Å². The van der Waals surface area contributed by atoms with Crippen LogP contribution in [0.15, 0.2) is 67.8 Å². The number of aromatic nitrogens is 3. The number of nitrogens with one attached hydrogen (secondary N) is 2. The number of ether oxygens (including phenoxy) is 2. The standard InChI is InChI=1S/C29H28F2N6O3/c1-2-27(38)36-25-14-21-24(15-26(25)40-10-4-7-37-8-11-39-12-9-37)33-18-34-29(21)35-20-13-19(16-32-17-20)28-22(30)5-3-6-23(28)31/h2-3,5-6,13-18H,1,4,7-12H2,(H,36,38)(H,33,34,35). The zero-order chi connectivity index (χ0) is 27.9. The summed E-state index contributed by atoms with van der Waals surface area (Å²) in [6.45, 7) is 8.13. The second kappa shape index (κ2) is 12.6. The van der Waals surface area contributed by atoms with Crippen molar-refractivity contribution in [3.05, 3.63) is 79.4 Å². The van der Waals surface area contributed by atoms with Crippen LogP contribution in [0, 0.1) is 11.6 Å². The molecule has 1 fully saturated rings. The molecule has 0 spiro atoms. The Hall–Kier alpha value is -4.48. The number of hydrogen-bond acceptors (Lipinski definition) is 8. The summed E-state index contributed by atoms with van der Waals surface area (Å²) in [5, 5.41) is 6.53. The van der Waals surface area contributed by atoms with Gasteiger partial charge in [0.15, 0.2) is 0 Å². The number of rotatable bonds is 10. The molecule has 0 atom stereocenters. The molecule has 0 unspecified atom stereocenters. The molecule has 3 heterocycles. The van der Waals surface area contributed by atoms with E-state index >= 15 is 0 Å². The van der Waals surface area contributed by atoms with E-state index in [0.717, 1.165) is 39.3 Å². The summed E-state index contributed by atoms with van der Waals surface area (Å²) in [6.07, 6.45) is 6.27. The van der Waals surface area contributed by atoms with Gasteiger partial charge < -0.3 is 20.1 Å². The highest BCUT2D eigenvalue weighted by molar-refractivity contribution is 6.03. The number of carbonyl (C=O) groups excluding carboxylic acids is 1. The SMILES string of the molecule is C=CC(=O)Nc1cc2c(Nc3cncc(-c4c(F)cccc4F)c3)ncnc2cc1OCCCN1CCOCC1. The summed E-state index contributed by atoms with van der Waals surface area (Å²) in [6, 6.07) is 8.72. The van der Waals surface area contributed by atoms with Crippen molar-refractivity contribution in [2.24, 2.45) is 0 Å². The van der Waals surface area contributed by atoms with Crippen LogP contribution >= 0.6 is 0 Å². The molecular weight excluding hydrogens is 518 g/mol. The van der Waals surface area contributed by atoms with Crippen LogP contribution in [0.1, 0.15) is 6.42 Å². The van der Waals surface area contributed by atoms with Crippen molar-refractivity contribution in [2.75, 3.05) is 50.1 Å². The molecule has 2 aromatic heterocycles. The second-order valence-corrected chi connectivity index (χ2v) is 9.12. The highest BCUT2D eigenvalue weighted by Gasteiger charge is 2.16. The van der Waals surface area contributed by atoms with E-state index in [0.29, 0.717) is 40.5 Å². The Morgan fingerprint density at radius 2 is 1.93 bits per heavy atom. The Kier molecular flexibility index (Phi) is 8.53. The molecule has 0 saturated carbocycles. The molecule has 4 aromatic rings. The summed E-state index contributed by atoms with van der Waals surface area (Å²) in [7, 11) is 0. The Bertz CT molecular complexity index is 1510. The number of hydrogen-bond donors (Lipinski definition) is 2. The van der Waals surface area contributed by atoms with E-state index in [1.807, 2.05) is 0 Å². The van der Waals surface area contributed by atoms with Crippen molar-refractivity contribution >= 4 is 34.0 Å². The van der Waals surface area contributed by atoms with Crippen molar-refractivity contribution in [1.29, 1.82) is 0 Å². The topological polar surface area (TPSA) is 102 Å². The van der Waals surface area contributed by atoms with Crippen LogP contribution in [0.5, 0.6) is 5.75 Å². The minimum Gasteiger partial charge on any atom is -0.491 e. The highest BCUT2D eigenvalue weighted by Crippen LogP contribution is 2.34. The number of benzene rings is 2. The summed E-state index contributed by atoms with van der Waals surface area (Å²) in [4.78, 5) is 27.4. The Labute approximate surface area is 229 Å². The van der Waals surface area contributed by atoms with Gasteiger partial charge in [-0.25, -0.2) is 18.7 Å². The van der Waals surface area contributed by atoms with Crippen LogP contribution in [-0.2, 0) is 9.53 Å². The van der Waals surface area contributed by atoms with Crippen molar-refractivity contribution in [3.8, 4) is 16.9 Å². The van der Waals surface area contributed by atoms with E-state index in [2.05, 4.69) is 37.1 Å². The summed E-state index contributed by atoms with van der Waals surface area (Å²) in [5.41, 5.74) is 1.56. The smallest absolute Gasteiger partial charge is 0.247 e. The third-order valence-corrected chi connectivity index (χ3v) is 6.41. The minimum atomic E-state index is -0.688. The van der Waals surface area contributed by atoms with Gasteiger partial charge >= 0.3 is 0 Å². The maximum Gasteiger partial charge on any atom is 0.247 e. The Balaban J connectivity index is 1.40. The molecule has 1 aliphatic rings. The van der Waals surface area contributed by atoms with Crippen LogP contribution in [0.2, 0.25) is 0 Å². The zero-order valence-electron chi connectivity index (χ0n) is 21.7. The average Bonchev–Trinajstić information content (AvgIpc) is 2.96. The number of amides is 1. The third-order valence-electron chi connectivity index (χ3n) is 6.41. The first-order valence-corrected chi connectivity index (χ1v) is 12.8. The van der Waals surface area contributed by atoms with Gasteiger partial charge in [0.2, 0.25) is 5.91 Å². The molecule has 5 rings (SSSR count). The van der Waals surface area contributed by atoms with Gasteiger partial charge in [0.25, 0.3) is 0 Å². The lowest BCUT2D eigenvalue weighted by Crippen LogP contribution is -2.37. The van der Waals surface area contributed by atoms with E-state index in [1.165, 1.54) is 43.0 Å². The minimum absolute atomic E-state index is 0.170. The number of halogens is 2. The molecule has 0 bridgehead atoms. The Morgan fingerprint density at radius 3 is 2.70 bits per heavy atom. The van der Waals surface area contributed by atoms with Crippen molar-refractivity contribution < 1.29 is 23.0 Å². The molecule has 2 N–H and O–H groups in total. The van der Waals surface area contributed by atoms with Gasteiger partial charge in [0.05, 0.1) is 48.5 Å². The third kappa shape index (κ3) is 6.38. The fourth-order valence-corrected chi connectivity index (χ4v) is 4.43. The predicted molar refractivity (Wildman–Crippen MR) is 149 cm³/mol. The fraction of sp³-hybridized carbons (Fsp3) is 0.241. The zero-order valence-corrected chi connectivity index (χ0v) is 21.7. The first kappa shape index (κ1) is 27.1. The number of morpholine rings is 1. The molecule has 40 heavy (non-hydrogen) atoms. The Morgan fingerprint density at radius 1 is 1.12 bits per heavy atom. The van der Waals surface area contributed by atoms with E-state index in [-0.39, 0.29) is 11.1 Å². The summed E-state index contributed by atoms with van der Waals surface area (Å²) in [5.74, 6) is -0.898. The largest absolute Gasteiger partial charge is 0.491 e. The molecular formula is C29H28F2N6O3. The lowest BCUT2D eigenvalue weighted by molar-refractivity contribution is -0.111. The lowest BCUT2D eigenvalue weighted by Gasteiger charge is -2.26. The van der Waals surface area contributed by atoms with Crippen LogP contribution in [0.4, 0.5) is 26.0 Å². The molecule has 1 amide bonds.